The molecule has 0 unspecified atom stereocenters. The van der Waals surface area contributed by atoms with Crippen molar-refractivity contribution in [2.24, 2.45) is 11.7 Å². The first-order valence-electron chi connectivity index (χ1n) is 15.5. The molecule has 10 nitrogen and oxygen atoms in total. The van der Waals surface area contributed by atoms with E-state index < -0.39 is 23.4 Å². The van der Waals surface area contributed by atoms with Crippen molar-refractivity contribution < 1.29 is 23.1 Å². The molecule has 5 heterocycles. The maximum Gasteiger partial charge on any atom is 0.265 e. The number of nitrogens with zero attached hydrogens (tertiary/aromatic N) is 4. The molecule has 13 heteroatoms. The number of amides is 2. The second kappa shape index (κ2) is 13.3. The molecule has 1 aromatic carbocycles. The number of pyridine rings is 2. The number of hydrogen-bond acceptors (Lipinski definition) is 9. The summed E-state index contributed by atoms with van der Waals surface area (Å²) in [7, 11) is 0. The van der Waals surface area contributed by atoms with Crippen molar-refractivity contribution in [3.8, 4) is 16.9 Å². The van der Waals surface area contributed by atoms with E-state index in [-0.39, 0.29) is 36.4 Å². The van der Waals surface area contributed by atoms with E-state index in [1.165, 1.54) is 22.6 Å². The number of halogens is 2. The van der Waals surface area contributed by atoms with Crippen LogP contribution in [0.15, 0.2) is 30.5 Å². The van der Waals surface area contributed by atoms with Gasteiger partial charge < -0.3 is 21.2 Å². The minimum atomic E-state index is -0.860. The molecular formula is C33H37F2N7O3S. The number of piperidine rings is 1. The summed E-state index contributed by atoms with van der Waals surface area (Å²) in [6, 6.07) is 6.59. The number of carbonyl (C=O) groups excluding carboxylic acids is 2. The Bertz CT molecular complexity index is 1680. The van der Waals surface area contributed by atoms with E-state index in [4.69, 9.17) is 20.9 Å². The summed E-state index contributed by atoms with van der Waals surface area (Å²) in [5.74, 6) is 0.644. The maximum atomic E-state index is 14.5. The molecule has 3 aliphatic rings. The maximum absolute atomic E-state index is 14.5. The summed E-state index contributed by atoms with van der Waals surface area (Å²) in [6.45, 7) is 5.52. The number of anilines is 2. The average Bonchev–Trinajstić information content (AvgIpc) is 2.98. The summed E-state index contributed by atoms with van der Waals surface area (Å²) in [5, 5.41) is 12.0. The highest BCUT2D eigenvalue weighted by Gasteiger charge is 2.32. The van der Waals surface area contributed by atoms with E-state index in [1.807, 2.05) is 25.6 Å². The van der Waals surface area contributed by atoms with Crippen molar-refractivity contribution in [3.05, 3.63) is 64.6 Å². The zero-order valence-corrected chi connectivity index (χ0v) is 26.6. The van der Waals surface area contributed by atoms with Crippen LogP contribution in [0.1, 0.15) is 54.0 Å². The van der Waals surface area contributed by atoms with Crippen LogP contribution >= 0.6 is 11.8 Å². The van der Waals surface area contributed by atoms with E-state index >= 15 is 0 Å². The van der Waals surface area contributed by atoms with Gasteiger partial charge in [0.05, 0.1) is 35.4 Å². The number of nitrogens with two attached hydrogens (primary N) is 1. The Balaban J connectivity index is 1.38. The first kappa shape index (κ1) is 31.9. The van der Waals surface area contributed by atoms with Gasteiger partial charge in [0.2, 0.25) is 0 Å². The van der Waals surface area contributed by atoms with Crippen LogP contribution < -0.4 is 20.7 Å². The smallest absolute Gasteiger partial charge is 0.265 e. The molecule has 2 fully saturated rings. The molecule has 0 radical (unpaired) electrons. The summed E-state index contributed by atoms with van der Waals surface area (Å²) in [5.41, 5.74) is 8.51. The van der Waals surface area contributed by atoms with Gasteiger partial charge >= 0.3 is 0 Å². The lowest BCUT2D eigenvalue weighted by Gasteiger charge is -2.41. The van der Waals surface area contributed by atoms with Gasteiger partial charge in [-0.1, -0.05) is 19.9 Å². The monoisotopic (exact) mass is 649 g/mol. The minimum absolute atomic E-state index is 0.0885. The van der Waals surface area contributed by atoms with Crippen LogP contribution in [-0.2, 0) is 17.8 Å². The Kier molecular flexibility index (Phi) is 9.23. The molecule has 0 spiro atoms. The average molecular weight is 650 g/mol. The number of benzene rings is 1. The number of hydrogen-bond donors (Lipinski definition) is 3. The zero-order valence-electron chi connectivity index (χ0n) is 25.8. The first-order chi connectivity index (χ1) is 22.1. The van der Waals surface area contributed by atoms with Crippen LogP contribution in [0.5, 0.6) is 5.75 Å². The van der Waals surface area contributed by atoms with Gasteiger partial charge in [-0.25, -0.2) is 13.8 Å². The molecule has 2 saturated heterocycles. The molecule has 2 amide bonds. The highest BCUT2D eigenvalue weighted by Crippen LogP contribution is 2.41. The predicted octanol–water partition coefficient (Wildman–Crippen LogP) is 4.63. The van der Waals surface area contributed by atoms with Crippen LogP contribution in [0.3, 0.4) is 0 Å². The van der Waals surface area contributed by atoms with E-state index in [0.29, 0.717) is 52.1 Å². The van der Waals surface area contributed by atoms with Gasteiger partial charge in [-0.3, -0.25) is 24.4 Å². The number of nitrogens with one attached hydrogen (secondary N) is 2. The molecule has 46 heavy (non-hydrogen) atoms. The molecule has 4 N–H and O–H groups in total. The van der Waals surface area contributed by atoms with E-state index in [0.717, 1.165) is 38.2 Å². The molecule has 3 aromatic rings. The molecular weight excluding hydrogens is 612 g/mol. The fraction of sp³-hybridized carbons (Fsp3) is 0.424. The number of carbonyl (C=O) groups is 2. The van der Waals surface area contributed by atoms with Gasteiger partial charge in [-0.15, -0.1) is 0 Å². The third kappa shape index (κ3) is 6.43. The van der Waals surface area contributed by atoms with Gasteiger partial charge in [0.1, 0.15) is 23.2 Å². The first-order valence-corrected chi connectivity index (χ1v) is 16.6. The second-order valence-corrected chi connectivity index (χ2v) is 13.4. The normalized spacial score (nSPS) is 17.4. The van der Waals surface area contributed by atoms with E-state index in [1.54, 1.807) is 18.2 Å². The zero-order chi connectivity index (χ0) is 32.5. The molecule has 0 atom stereocenters. The Morgan fingerprint density at radius 2 is 1.98 bits per heavy atom. The molecule has 2 aromatic heterocycles. The van der Waals surface area contributed by atoms with Crippen LogP contribution in [0.4, 0.5) is 20.3 Å². The van der Waals surface area contributed by atoms with Crippen molar-refractivity contribution in [1.29, 1.82) is 5.41 Å². The fourth-order valence-electron chi connectivity index (χ4n) is 6.28. The standard InChI is InChI=1S/C33H37F2N7O3S/c1-18(2)9-25-31(32(37)44)30(23(12-36)33(40-25)39-21-5-7-41(8-6-21)22-16-46-17-22)19-3-4-27-28(10-19)45-15-29(43)42(27)14-26-24(35)11-20(34)13-38-26/h3-4,10-13,18,21-22,36H,5-9,14-17H2,1-2H3,(H2,37,44)(H,39,40). The summed E-state index contributed by atoms with van der Waals surface area (Å²) in [4.78, 5) is 38.5. The van der Waals surface area contributed by atoms with Crippen LogP contribution in [0.2, 0.25) is 0 Å². The highest BCUT2D eigenvalue weighted by atomic mass is 32.2. The Hall–Kier alpha value is -4.10. The van der Waals surface area contributed by atoms with Gasteiger partial charge in [-0.05, 0) is 42.9 Å². The van der Waals surface area contributed by atoms with Crippen molar-refractivity contribution in [1.82, 2.24) is 14.9 Å². The quantitative estimate of drug-likeness (QED) is 0.271. The van der Waals surface area contributed by atoms with Gasteiger partial charge in [0.15, 0.2) is 6.61 Å². The molecule has 3 aliphatic heterocycles. The lowest BCUT2D eigenvalue weighted by atomic mass is 9.90. The van der Waals surface area contributed by atoms with Crippen molar-refractivity contribution in [2.45, 2.75) is 51.7 Å². The van der Waals surface area contributed by atoms with E-state index in [2.05, 4.69) is 15.2 Å². The fourth-order valence-corrected chi connectivity index (χ4v) is 7.15. The van der Waals surface area contributed by atoms with E-state index in [9.17, 15) is 18.4 Å². The molecule has 0 aliphatic carbocycles. The number of primary amides is 1. The van der Waals surface area contributed by atoms with Crippen LogP contribution in [0.25, 0.3) is 11.1 Å². The summed E-state index contributed by atoms with van der Waals surface area (Å²) >= 11 is 1.98. The largest absolute Gasteiger partial charge is 0.482 e. The number of rotatable bonds is 10. The number of fused-ring (bicyclic) bond motifs is 1. The molecule has 0 bridgehead atoms. The van der Waals surface area contributed by atoms with Gasteiger partial charge in [0, 0.05) is 60.1 Å². The number of thioether (sulfide) groups is 1. The summed E-state index contributed by atoms with van der Waals surface area (Å²) in [6.07, 6.45) is 4.46. The SMILES string of the molecule is CC(C)Cc1nc(NC2CCN(C3CSC3)CC2)c(C=N)c(-c2ccc3c(c2)OCC(=O)N3Cc2ncc(F)cc2F)c1C(N)=O. The highest BCUT2D eigenvalue weighted by molar-refractivity contribution is 8.00. The van der Waals surface area contributed by atoms with Crippen molar-refractivity contribution in [2.75, 3.05) is 41.4 Å². The Morgan fingerprint density at radius 3 is 2.61 bits per heavy atom. The Morgan fingerprint density at radius 1 is 1.22 bits per heavy atom. The third-order valence-electron chi connectivity index (χ3n) is 8.69. The summed E-state index contributed by atoms with van der Waals surface area (Å²) < 4.78 is 33.7. The lowest BCUT2D eigenvalue weighted by molar-refractivity contribution is -0.121. The van der Waals surface area contributed by atoms with Crippen molar-refractivity contribution >= 4 is 41.3 Å². The minimum Gasteiger partial charge on any atom is -0.482 e. The topological polar surface area (TPSA) is 138 Å². The van der Waals surface area contributed by atoms with Crippen LogP contribution in [-0.4, -0.2) is 76.2 Å². The van der Waals surface area contributed by atoms with Crippen LogP contribution in [0, 0.1) is 23.0 Å². The number of ether oxygens (including phenoxy) is 1. The predicted molar refractivity (Wildman–Crippen MR) is 175 cm³/mol. The van der Waals surface area contributed by atoms with Gasteiger partial charge in [0.25, 0.3) is 11.8 Å². The Labute approximate surface area is 270 Å². The molecule has 242 valence electrons. The van der Waals surface area contributed by atoms with Gasteiger partial charge in [-0.2, -0.15) is 11.8 Å². The number of likely N-dealkylation sites (tertiary alicyclic amines) is 1. The number of aromatic nitrogens is 2. The molecule has 6 rings (SSSR count). The molecule has 0 saturated carbocycles. The second-order valence-electron chi connectivity index (χ2n) is 12.4. The van der Waals surface area contributed by atoms with Crippen molar-refractivity contribution in [3.63, 3.8) is 0 Å². The third-order valence-corrected chi connectivity index (χ3v) is 9.93. The lowest BCUT2D eigenvalue weighted by Crippen LogP contribution is -2.50.